The van der Waals surface area contributed by atoms with E-state index in [9.17, 15) is 9.90 Å². The molecule has 4 heteroatoms. The zero-order valence-corrected chi connectivity index (χ0v) is 13.1. The number of amides is 1. The summed E-state index contributed by atoms with van der Waals surface area (Å²) in [5.41, 5.74) is 0.331. The molecule has 0 aliphatic rings. The van der Waals surface area contributed by atoms with Gasteiger partial charge in [0.25, 0.3) is 0 Å². The van der Waals surface area contributed by atoms with Crippen LogP contribution in [-0.2, 0) is 4.79 Å². The molecular formula is C15H31NO3. The number of hydrogen-bond donors (Lipinski definition) is 3. The molecule has 0 aliphatic carbocycles. The lowest BCUT2D eigenvalue weighted by Gasteiger charge is -2.32. The average Bonchev–Trinajstić information content (AvgIpc) is 2.23. The highest BCUT2D eigenvalue weighted by Crippen LogP contribution is 2.32. The topological polar surface area (TPSA) is 69.6 Å². The number of carbonyl (C=O) groups excluding carboxylic acids is 1. The van der Waals surface area contributed by atoms with E-state index < -0.39 is 6.10 Å². The average molecular weight is 273 g/mol. The second-order valence-corrected chi connectivity index (χ2v) is 7.41. The van der Waals surface area contributed by atoms with Crippen molar-refractivity contribution in [2.45, 2.75) is 66.4 Å². The van der Waals surface area contributed by atoms with Crippen molar-refractivity contribution in [2.24, 2.45) is 10.8 Å². The Kier molecular flexibility index (Phi) is 7.60. The SMILES string of the molecule is CC(C)(C)CC(C)(C)CNC(=O)CCCC(O)CO. The van der Waals surface area contributed by atoms with Crippen LogP contribution < -0.4 is 5.32 Å². The summed E-state index contributed by atoms with van der Waals surface area (Å²) in [6.45, 7) is 11.4. The quantitative estimate of drug-likeness (QED) is 0.634. The minimum absolute atomic E-state index is 0.0205. The maximum absolute atomic E-state index is 11.7. The van der Waals surface area contributed by atoms with Crippen molar-refractivity contribution in [2.75, 3.05) is 13.2 Å². The molecule has 0 radical (unpaired) electrons. The van der Waals surface area contributed by atoms with Crippen molar-refractivity contribution in [3.05, 3.63) is 0 Å². The van der Waals surface area contributed by atoms with Crippen molar-refractivity contribution in [3.8, 4) is 0 Å². The van der Waals surface area contributed by atoms with Gasteiger partial charge in [-0.1, -0.05) is 34.6 Å². The van der Waals surface area contributed by atoms with Gasteiger partial charge in [0.1, 0.15) is 0 Å². The number of aliphatic hydroxyl groups excluding tert-OH is 2. The van der Waals surface area contributed by atoms with Gasteiger partial charge in [0.05, 0.1) is 12.7 Å². The number of nitrogens with one attached hydrogen (secondary N) is 1. The minimum atomic E-state index is -0.704. The standard InChI is InChI=1S/C15H31NO3/c1-14(2,3)10-15(4,5)11-16-13(19)8-6-7-12(18)9-17/h12,17-18H,6-11H2,1-5H3,(H,16,19). The normalized spacial score (nSPS) is 14.3. The Labute approximate surface area is 117 Å². The first-order valence-corrected chi connectivity index (χ1v) is 7.11. The van der Waals surface area contributed by atoms with Gasteiger partial charge in [0.2, 0.25) is 5.91 Å². The fraction of sp³-hybridized carbons (Fsp3) is 0.933. The van der Waals surface area contributed by atoms with Gasteiger partial charge in [0, 0.05) is 13.0 Å². The third-order valence-corrected chi connectivity index (χ3v) is 2.92. The molecule has 0 saturated heterocycles. The molecule has 19 heavy (non-hydrogen) atoms. The van der Waals surface area contributed by atoms with Crippen LogP contribution in [-0.4, -0.2) is 35.4 Å². The van der Waals surface area contributed by atoms with Gasteiger partial charge in [-0.05, 0) is 30.1 Å². The van der Waals surface area contributed by atoms with Gasteiger partial charge in [-0.15, -0.1) is 0 Å². The molecule has 1 amide bonds. The molecule has 0 spiro atoms. The third kappa shape index (κ3) is 11.0. The summed E-state index contributed by atoms with van der Waals surface area (Å²) in [5, 5.41) is 20.8. The van der Waals surface area contributed by atoms with Gasteiger partial charge in [-0.2, -0.15) is 0 Å². The van der Waals surface area contributed by atoms with E-state index in [1.807, 2.05) is 0 Å². The van der Waals surface area contributed by atoms with E-state index in [1.54, 1.807) is 0 Å². The third-order valence-electron chi connectivity index (χ3n) is 2.92. The van der Waals surface area contributed by atoms with E-state index in [-0.39, 0.29) is 23.3 Å². The van der Waals surface area contributed by atoms with Crippen LogP contribution in [0.25, 0.3) is 0 Å². The Morgan fingerprint density at radius 2 is 1.79 bits per heavy atom. The van der Waals surface area contributed by atoms with E-state index in [1.165, 1.54) is 0 Å². The fourth-order valence-corrected chi connectivity index (χ4v) is 2.51. The van der Waals surface area contributed by atoms with Gasteiger partial charge >= 0.3 is 0 Å². The fourth-order valence-electron chi connectivity index (χ4n) is 2.51. The Balaban J connectivity index is 3.89. The maximum Gasteiger partial charge on any atom is 0.220 e. The first-order chi connectivity index (χ1) is 8.56. The molecule has 1 atom stereocenters. The van der Waals surface area contributed by atoms with Crippen LogP contribution in [0.2, 0.25) is 0 Å². The highest BCUT2D eigenvalue weighted by Gasteiger charge is 2.25. The van der Waals surface area contributed by atoms with Crippen LogP contribution in [0, 0.1) is 10.8 Å². The number of carbonyl (C=O) groups is 1. The van der Waals surface area contributed by atoms with E-state index in [0.717, 1.165) is 6.42 Å². The zero-order valence-electron chi connectivity index (χ0n) is 13.1. The second kappa shape index (κ2) is 7.85. The molecule has 0 heterocycles. The molecule has 3 N–H and O–H groups in total. The summed E-state index contributed by atoms with van der Waals surface area (Å²) in [4.78, 5) is 11.7. The van der Waals surface area contributed by atoms with Crippen molar-refractivity contribution >= 4 is 5.91 Å². The Bertz CT molecular complexity index is 269. The highest BCUT2D eigenvalue weighted by atomic mass is 16.3. The highest BCUT2D eigenvalue weighted by molar-refractivity contribution is 5.75. The van der Waals surface area contributed by atoms with Crippen LogP contribution in [0.1, 0.15) is 60.3 Å². The maximum atomic E-state index is 11.7. The van der Waals surface area contributed by atoms with Crippen molar-refractivity contribution in [3.63, 3.8) is 0 Å². The van der Waals surface area contributed by atoms with Gasteiger partial charge in [-0.3, -0.25) is 4.79 Å². The predicted molar refractivity (Wildman–Crippen MR) is 77.8 cm³/mol. The Morgan fingerprint density at radius 1 is 1.21 bits per heavy atom. The van der Waals surface area contributed by atoms with Gasteiger partial charge in [0.15, 0.2) is 0 Å². The molecule has 0 rings (SSSR count). The zero-order chi connectivity index (χ0) is 15.1. The van der Waals surface area contributed by atoms with Crippen LogP contribution in [0.4, 0.5) is 0 Å². The first-order valence-electron chi connectivity index (χ1n) is 7.11. The summed E-state index contributed by atoms with van der Waals surface area (Å²) in [6, 6.07) is 0. The lowest BCUT2D eigenvalue weighted by atomic mass is 9.76. The number of aliphatic hydroxyl groups is 2. The number of hydrogen-bond acceptors (Lipinski definition) is 3. The predicted octanol–water partition coefficient (Wildman–Crippen LogP) is 2.09. The molecule has 0 aromatic heterocycles. The molecule has 0 aromatic rings. The smallest absolute Gasteiger partial charge is 0.220 e. The lowest BCUT2D eigenvalue weighted by molar-refractivity contribution is -0.121. The Morgan fingerprint density at radius 3 is 2.26 bits per heavy atom. The van der Waals surface area contributed by atoms with Crippen LogP contribution >= 0.6 is 0 Å². The summed E-state index contributed by atoms with van der Waals surface area (Å²) in [7, 11) is 0. The molecule has 0 aliphatic heterocycles. The Hall–Kier alpha value is -0.610. The van der Waals surface area contributed by atoms with Gasteiger partial charge < -0.3 is 15.5 Å². The van der Waals surface area contributed by atoms with Crippen molar-refractivity contribution in [1.82, 2.24) is 5.32 Å². The summed E-state index contributed by atoms with van der Waals surface area (Å²) < 4.78 is 0. The monoisotopic (exact) mass is 273 g/mol. The van der Waals surface area contributed by atoms with Crippen molar-refractivity contribution in [1.29, 1.82) is 0 Å². The molecule has 0 saturated carbocycles. The molecular weight excluding hydrogens is 242 g/mol. The first kappa shape index (κ1) is 18.4. The molecule has 4 nitrogen and oxygen atoms in total. The lowest BCUT2D eigenvalue weighted by Crippen LogP contribution is -2.36. The summed E-state index contributed by atoms with van der Waals surface area (Å²) in [6.07, 6.45) is 1.82. The number of rotatable bonds is 8. The van der Waals surface area contributed by atoms with Crippen molar-refractivity contribution < 1.29 is 15.0 Å². The van der Waals surface area contributed by atoms with E-state index in [0.29, 0.717) is 25.8 Å². The summed E-state index contributed by atoms with van der Waals surface area (Å²) in [5.74, 6) is 0.0205. The van der Waals surface area contributed by atoms with E-state index in [4.69, 9.17) is 5.11 Å². The molecule has 0 aromatic carbocycles. The minimum Gasteiger partial charge on any atom is -0.394 e. The molecule has 0 fully saturated rings. The largest absolute Gasteiger partial charge is 0.394 e. The van der Waals surface area contributed by atoms with Gasteiger partial charge in [-0.25, -0.2) is 0 Å². The molecule has 1 unspecified atom stereocenters. The summed E-state index contributed by atoms with van der Waals surface area (Å²) >= 11 is 0. The second-order valence-electron chi connectivity index (χ2n) is 7.41. The molecule has 114 valence electrons. The molecule has 0 bridgehead atoms. The van der Waals surface area contributed by atoms with E-state index >= 15 is 0 Å². The van der Waals surface area contributed by atoms with Crippen LogP contribution in [0.3, 0.4) is 0 Å². The van der Waals surface area contributed by atoms with Crippen LogP contribution in [0.15, 0.2) is 0 Å². The van der Waals surface area contributed by atoms with E-state index in [2.05, 4.69) is 39.9 Å². The van der Waals surface area contributed by atoms with Crippen LogP contribution in [0.5, 0.6) is 0 Å².